The molecule has 1 N–H and O–H groups in total. The molecule has 0 bridgehead atoms. The third kappa shape index (κ3) is 1.42. The molecule has 0 aliphatic carbocycles. The first-order chi connectivity index (χ1) is 7.36. The lowest BCUT2D eigenvalue weighted by molar-refractivity contribution is 0.356. The second kappa shape index (κ2) is 3.49. The smallest absolute Gasteiger partial charge is 0.134 e. The van der Waals surface area contributed by atoms with Crippen molar-refractivity contribution < 1.29 is 9.13 Å². The summed E-state index contributed by atoms with van der Waals surface area (Å²) < 4.78 is 19.4. The summed E-state index contributed by atoms with van der Waals surface area (Å²) in [6.45, 7) is 1.62. The summed E-state index contributed by atoms with van der Waals surface area (Å²) in [5, 5.41) is 3.32. The van der Waals surface area contributed by atoms with Crippen molar-refractivity contribution in [1.29, 1.82) is 0 Å². The maximum absolute atomic E-state index is 14.1. The molecule has 15 heavy (non-hydrogen) atoms. The van der Waals surface area contributed by atoms with Gasteiger partial charge in [0.2, 0.25) is 0 Å². The Bertz CT molecular complexity index is 385. The monoisotopic (exact) mass is 207 g/mol. The summed E-state index contributed by atoms with van der Waals surface area (Å²) in [5.41, 5.74) is 1.58. The van der Waals surface area contributed by atoms with Crippen LogP contribution in [0.15, 0.2) is 12.1 Å². The maximum Gasteiger partial charge on any atom is 0.134 e. The normalized spacial score (nSPS) is 23.9. The van der Waals surface area contributed by atoms with Crippen LogP contribution in [-0.4, -0.2) is 13.2 Å². The highest BCUT2D eigenvalue weighted by Crippen LogP contribution is 2.34. The van der Waals surface area contributed by atoms with Gasteiger partial charge in [-0.05, 0) is 25.5 Å². The number of rotatable bonds is 1. The SMILES string of the molecule is Fc1c(C2CCCN2)ccc2c1CCO2. The molecule has 2 nitrogen and oxygen atoms in total. The third-order valence-corrected chi connectivity index (χ3v) is 3.28. The summed E-state index contributed by atoms with van der Waals surface area (Å²) in [7, 11) is 0. The van der Waals surface area contributed by atoms with Gasteiger partial charge in [0.05, 0.1) is 6.61 Å². The van der Waals surface area contributed by atoms with Gasteiger partial charge < -0.3 is 10.1 Å². The molecule has 2 aliphatic heterocycles. The van der Waals surface area contributed by atoms with Gasteiger partial charge in [0.25, 0.3) is 0 Å². The number of halogens is 1. The predicted molar refractivity (Wildman–Crippen MR) is 55.6 cm³/mol. The molecule has 1 saturated heterocycles. The minimum atomic E-state index is -0.0515. The molecule has 0 aromatic heterocycles. The number of hydrogen-bond donors (Lipinski definition) is 1. The first-order valence-corrected chi connectivity index (χ1v) is 5.54. The molecule has 80 valence electrons. The number of nitrogens with one attached hydrogen (secondary N) is 1. The van der Waals surface area contributed by atoms with Gasteiger partial charge in [-0.3, -0.25) is 0 Å². The molecular weight excluding hydrogens is 193 g/mol. The molecule has 2 heterocycles. The molecular formula is C12H14FNO. The summed E-state index contributed by atoms with van der Waals surface area (Å²) in [4.78, 5) is 0. The zero-order valence-electron chi connectivity index (χ0n) is 8.55. The molecule has 1 aromatic carbocycles. The summed E-state index contributed by atoms with van der Waals surface area (Å²) in [6, 6.07) is 3.97. The number of fused-ring (bicyclic) bond motifs is 1. The van der Waals surface area contributed by atoms with E-state index in [0.29, 0.717) is 13.0 Å². The Balaban J connectivity index is 2.01. The Morgan fingerprint density at radius 1 is 1.40 bits per heavy atom. The zero-order valence-corrected chi connectivity index (χ0v) is 8.55. The van der Waals surface area contributed by atoms with E-state index in [0.717, 1.165) is 36.3 Å². The van der Waals surface area contributed by atoms with E-state index in [4.69, 9.17) is 4.74 Å². The van der Waals surface area contributed by atoms with Crippen LogP contribution in [0, 0.1) is 5.82 Å². The van der Waals surface area contributed by atoms with Crippen molar-refractivity contribution in [3.8, 4) is 5.75 Å². The van der Waals surface area contributed by atoms with Gasteiger partial charge in [0.1, 0.15) is 11.6 Å². The molecule has 0 radical (unpaired) electrons. The third-order valence-electron chi connectivity index (χ3n) is 3.28. The Hall–Kier alpha value is -1.09. The molecule has 1 fully saturated rings. The van der Waals surface area contributed by atoms with Crippen molar-refractivity contribution >= 4 is 0 Å². The standard InChI is InChI=1S/C12H14FNO/c13-12-8(10-2-1-6-14-10)3-4-11-9(12)5-7-15-11/h3-4,10,14H,1-2,5-7H2. The summed E-state index contributed by atoms with van der Waals surface area (Å²) >= 11 is 0. The molecule has 2 aliphatic rings. The van der Waals surface area contributed by atoms with Crippen LogP contribution < -0.4 is 10.1 Å². The number of ether oxygens (including phenoxy) is 1. The van der Waals surface area contributed by atoms with Crippen LogP contribution in [0.1, 0.15) is 30.0 Å². The fraction of sp³-hybridized carbons (Fsp3) is 0.500. The van der Waals surface area contributed by atoms with Crippen LogP contribution in [0.4, 0.5) is 4.39 Å². The predicted octanol–water partition coefficient (Wildman–Crippen LogP) is 2.19. The van der Waals surface area contributed by atoms with E-state index >= 15 is 0 Å². The van der Waals surface area contributed by atoms with E-state index in [1.807, 2.05) is 12.1 Å². The van der Waals surface area contributed by atoms with E-state index in [1.165, 1.54) is 0 Å². The van der Waals surface area contributed by atoms with Gasteiger partial charge in [0, 0.05) is 23.6 Å². The fourth-order valence-electron chi connectivity index (χ4n) is 2.47. The highest BCUT2D eigenvalue weighted by Gasteiger charge is 2.25. The Morgan fingerprint density at radius 3 is 3.13 bits per heavy atom. The number of hydrogen-bond acceptors (Lipinski definition) is 2. The number of benzene rings is 1. The lowest BCUT2D eigenvalue weighted by Crippen LogP contribution is -2.14. The van der Waals surface area contributed by atoms with Crippen LogP contribution in [0.25, 0.3) is 0 Å². The maximum atomic E-state index is 14.1. The Morgan fingerprint density at radius 2 is 2.33 bits per heavy atom. The highest BCUT2D eigenvalue weighted by molar-refractivity contribution is 5.42. The summed E-state index contributed by atoms with van der Waals surface area (Å²) in [6.07, 6.45) is 2.88. The van der Waals surface area contributed by atoms with E-state index in [9.17, 15) is 4.39 Å². The molecule has 1 atom stereocenters. The lowest BCUT2D eigenvalue weighted by atomic mass is 10.0. The quantitative estimate of drug-likeness (QED) is 0.762. The fourth-order valence-corrected chi connectivity index (χ4v) is 2.47. The van der Waals surface area contributed by atoms with Crippen molar-refractivity contribution in [2.75, 3.05) is 13.2 Å². The first kappa shape index (κ1) is 9.16. The first-order valence-electron chi connectivity index (χ1n) is 5.54. The topological polar surface area (TPSA) is 21.3 Å². The van der Waals surface area contributed by atoms with Crippen molar-refractivity contribution in [3.63, 3.8) is 0 Å². The van der Waals surface area contributed by atoms with Crippen LogP contribution in [-0.2, 0) is 6.42 Å². The van der Waals surface area contributed by atoms with Gasteiger partial charge in [-0.2, -0.15) is 0 Å². The molecule has 0 spiro atoms. The van der Waals surface area contributed by atoms with E-state index < -0.39 is 0 Å². The minimum absolute atomic E-state index is 0.0515. The lowest BCUT2D eigenvalue weighted by Gasteiger charge is -2.13. The van der Waals surface area contributed by atoms with Gasteiger partial charge in [-0.25, -0.2) is 4.39 Å². The molecule has 0 saturated carbocycles. The van der Waals surface area contributed by atoms with Gasteiger partial charge in [0.15, 0.2) is 0 Å². The van der Waals surface area contributed by atoms with E-state index in [2.05, 4.69) is 5.32 Å². The van der Waals surface area contributed by atoms with Crippen LogP contribution in [0.3, 0.4) is 0 Å². The Labute approximate surface area is 88.4 Å². The Kier molecular flexibility index (Phi) is 2.13. The molecule has 3 heteroatoms. The van der Waals surface area contributed by atoms with E-state index in [-0.39, 0.29) is 11.9 Å². The van der Waals surface area contributed by atoms with Crippen LogP contribution in [0.5, 0.6) is 5.75 Å². The van der Waals surface area contributed by atoms with Gasteiger partial charge in [-0.1, -0.05) is 6.07 Å². The van der Waals surface area contributed by atoms with Crippen LogP contribution >= 0.6 is 0 Å². The van der Waals surface area contributed by atoms with Gasteiger partial charge in [-0.15, -0.1) is 0 Å². The molecule has 0 amide bonds. The van der Waals surface area contributed by atoms with Gasteiger partial charge >= 0.3 is 0 Å². The van der Waals surface area contributed by atoms with Crippen molar-refractivity contribution in [2.45, 2.75) is 25.3 Å². The summed E-state index contributed by atoms with van der Waals surface area (Å²) in [5.74, 6) is 0.679. The second-order valence-electron chi connectivity index (χ2n) is 4.19. The van der Waals surface area contributed by atoms with E-state index in [1.54, 1.807) is 0 Å². The molecule has 3 rings (SSSR count). The molecule has 1 unspecified atom stereocenters. The zero-order chi connectivity index (χ0) is 10.3. The largest absolute Gasteiger partial charge is 0.493 e. The molecule has 1 aromatic rings. The second-order valence-corrected chi connectivity index (χ2v) is 4.19. The average molecular weight is 207 g/mol. The minimum Gasteiger partial charge on any atom is -0.493 e. The highest BCUT2D eigenvalue weighted by atomic mass is 19.1. The van der Waals surface area contributed by atoms with Crippen molar-refractivity contribution in [1.82, 2.24) is 5.32 Å². The average Bonchev–Trinajstić information content (AvgIpc) is 2.87. The van der Waals surface area contributed by atoms with Crippen molar-refractivity contribution in [2.24, 2.45) is 0 Å². The van der Waals surface area contributed by atoms with Crippen LogP contribution in [0.2, 0.25) is 0 Å². The van der Waals surface area contributed by atoms with Crippen molar-refractivity contribution in [3.05, 3.63) is 29.1 Å².